The molecule has 5 heteroatoms. The third-order valence-electron chi connectivity index (χ3n) is 1.79. The lowest BCUT2D eigenvalue weighted by molar-refractivity contribution is -0.117. The van der Waals surface area contributed by atoms with Crippen LogP contribution in [0.2, 0.25) is 0 Å². The maximum absolute atomic E-state index is 11.2. The number of hydrogen-bond acceptors (Lipinski definition) is 4. The summed E-state index contributed by atoms with van der Waals surface area (Å²) in [4.78, 5) is 16.7. The van der Waals surface area contributed by atoms with E-state index in [2.05, 4.69) is 15.2 Å². The molecule has 0 aliphatic carbocycles. The van der Waals surface area contributed by atoms with Crippen LogP contribution in [-0.4, -0.2) is 27.6 Å². The molecule has 0 spiro atoms. The number of nitrogens with zero attached hydrogens (tertiary/aromatic N) is 4. The van der Waals surface area contributed by atoms with E-state index in [-0.39, 0.29) is 5.91 Å². The summed E-state index contributed by atoms with van der Waals surface area (Å²) in [5.41, 5.74) is 0. The van der Waals surface area contributed by atoms with E-state index in [1.807, 2.05) is 0 Å². The summed E-state index contributed by atoms with van der Waals surface area (Å²) in [7, 11) is 0. The molecule has 12 heavy (non-hydrogen) atoms. The maximum Gasteiger partial charge on any atom is 0.251 e. The Bertz CT molecular complexity index is 287. The van der Waals surface area contributed by atoms with Gasteiger partial charge in [-0.25, -0.2) is 4.98 Å². The van der Waals surface area contributed by atoms with Crippen molar-refractivity contribution in [3.05, 3.63) is 12.4 Å². The average Bonchev–Trinajstić information content (AvgIpc) is 2.53. The van der Waals surface area contributed by atoms with Crippen LogP contribution in [0.25, 0.3) is 0 Å². The molecular weight excluding hydrogens is 156 g/mol. The van der Waals surface area contributed by atoms with Crippen molar-refractivity contribution in [2.45, 2.75) is 12.8 Å². The van der Waals surface area contributed by atoms with Crippen molar-refractivity contribution >= 4 is 11.9 Å². The molecule has 2 heterocycles. The van der Waals surface area contributed by atoms with Crippen LogP contribution >= 0.6 is 0 Å². The first-order valence-corrected chi connectivity index (χ1v) is 3.82. The van der Waals surface area contributed by atoms with Crippen LogP contribution in [0.4, 0.5) is 5.95 Å². The second-order valence-electron chi connectivity index (χ2n) is 2.59. The van der Waals surface area contributed by atoms with Gasteiger partial charge in [0.1, 0.15) is 0 Å². The fourth-order valence-electron chi connectivity index (χ4n) is 1.22. The lowest BCUT2D eigenvalue weighted by Gasteiger charge is -2.10. The van der Waals surface area contributed by atoms with Gasteiger partial charge in [0.05, 0.1) is 12.4 Å². The first-order chi connectivity index (χ1) is 5.88. The molecule has 0 aromatic carbocycles. The van der Waals surface area contributed by atoms with E-state index in [0.717, 1.165) is 6.42 Å². The second-order valence-corrected chi connectivity index (χ2v) is 2.59. The van der Waals surface area contributed by atoms with Crippen molar-refractivity contribution in [2.75, 3.05) is 11.4 Å². The molecule has 62 valence electrons. The molecule has 5 nitrogen and oxygen atoms in total. The molecule has 1 aromatic heterocycles. The topological polar surface area (TPSA) is 59.0 Å². The standard InChI is InChI=1S/C7H8N4O/c12-6-2-1-5-11(6)7-8-3-4-9-10-7/h3-4H,1-2,5H2. The normalized spacial score (nSPS) is 17.0. The number of carbonyl (C=O) groups is 1. The maximum atomic E-state index is 11.2. The van der Waals surface area contributed by atoms with Crippen molar-refractivity contribution in [1.29, 1.82) is 0 Å². The number of anilines is 1. The van der Waals surface area contributed by atoms with E-state index in [9.17, 15) is 4.79 Å². The SMILES string of the molecule is O=C1CCCN1c1nccnn1. The van der Waals surface area contributed by atoms with E-state index >= 15 is 0 Å². The number of carbonyl (C=O) groups excluding carboxylic acids is 1. The van der Waals surface area contributed by atoms with Gasteiger partial charge in [-0.15, -0.1) is 5.10 Å². The van der Waals surface area contributed by atoms with Crippen LogP contribution in [0, 0.1) is 0 Å². The predicted octanol–water partition coefficient (Wildman–Crippen LogP) is -0.00160. The fraction of sp³-hybridized carbons (Fsp3) is 0.429. The van der Waals surface area contributed by atoms with E-state index < -0.39 is 0 Å². The van der Waals surface area contributed by atoms with Gasteiger partial charge in [-0.2, -0.15) is 5.10 Å². The van der Waals surface area contributed by atoms with E-state index in [1.54, 1.807) is 4.90 Å². The monoisotopic (exact) mass is 164 g/mol. The van der Waals surface area contributed by atoms with Gasteiger partial charge in [0.25, 0.3) is 5.95 Å². The average molecular weight is 164 g/mol. The summed E-state index contributed by atoms with van der Waals surface area (Å²) in [6, 6.07) is 0. The van der Waals surface area contributed by atoms with Gasteiger partial charge >= 0.3 is 0 Å². The predicted molar refractivity (Wildman–Crippen MR) is 41.4 cm³/mol. The van der Waals surface area contributed by atoms with Crippen LogP contribution < -0.4 is 4.90 Å². The Labute approximate surface area is 69.4 Å². The van der Waals surface area contributed by atoms with Gasteiger partial charge in [-0.05, 0) is 6.42 Å². The highest BCUT2D eigenvalue weighted by Gasteiger charge is 2.23. The highest BCUT2D eigenvalue weighted by atomic mass is 16.2. The third kappa shape index (κ3) is 1.13. The minimum absolute atomic E-state index is 0.0861. The van der Waals surface area contributed by atoms with Crippen molar-refractivity contribution in [1.82, 2.24) is 15.2 Å². The Morgan fingerprint density at radius 2 is 2.33 bits per heavy atom. The number of aromatic nitrogens is 3. The summed E-state index contributed by atoms with van der Waals surface area (Å²) < 4.78 is 0. The van der Waals surface area contributed by atoms with Crippen molar-refractivity contribution in [2.24, 2.45) is 0 Å². The van der Waals surface area contributed by atoms with E-state index in [1.165, 1.54) is 12.4 Å². The smallest absolute Gasteiger partial charge is 0.251 e. The Morgan fingerprint density at radius 1 is 1.42 bits per heavy atom. The van der Waals surface area contributed by atoms with Crippen LogP contribution in [-0.2, 0) is 4.79 Å². The molecule has 1 aromatic rings. The van der Waals surface area contributed by atoms with Crippen LogP contribution in [0.1, 0.15) is 12.8 Å². The van der Waals surface area contributed by atoms with Gasteiger partial charge in [-0.1, -0.05) is 0 Å². The summed E-state index contributed by atoms with van der Waals surface area (Å²) in [5.74, 6) is 0.503. The van der Waals surface area contributed by atoms with E-state index in [0.29, 0.717) is 18.9 Å². The largest absolute Gasteiger partial charge is 0.279 e. The molecular formula is C7H8N4O. The Kier molecular flexibility index (Phi) is 1.69. The minimum atomic E-state index is 0.0861. The Balaban J connectivity index is 2.25. The molecule has 2 rings (SSSR count). The molecule has 0 saturated carbocycles. The third-order valence-corrected chi connectivity index (χ3v) is 1.79. The zero-order valence-electron chi connectivity index (χ0n) is 6.47. The Morgan fingerprint density at radius 3 is 2.92 bits per heavy atom. The highest BCUT2D eigenvalue weighted by molar-refractivity contribution is 5.93. The first kappa shape index (κ1) is 7.15. The van der Waals surface area contributed by atoms with Gasteiger partial charge in [0.15, 0.2) is 0 Å². The minimum Gasteiger partial charge on any atom is -0.279 e. The molecule has 0 atom stereocenters. The summed E-state index contributed by atoms with van der Waals surface area (Å²) in [6.45, 7) is 0.713. The number of amides is 1. The van der Waals surface area contributed by atoms with Crippen LogP contribution in [0.15, 0.2) is 12.4 Å². The number of rotatable bonds is 1. The fourth-order valence-corrected chi connectivity index (χ4v) is 1.22. The zero-order chi connectivity index (χ0) is 8.39. The summed E-state index contributed by atoms with van der Waals surface area (Å²) in [6.07, 6.45) is 4.51. The molecule has 0 radical (unpaired) electrons. The van der Waals surface area contributed by atoms with Crippen LogP contribution in [0.3, 0.4) is 0 Å². The zero-order valence-corrected chi connectivity index (χ0v) is 6.47. The van der Waals surface area contributed by atoms with Crippen molar-refractivity contribution < 1.29 is 4.79 Å². The van der Waals surface area contributed by atoms with Gasteiger partial charge in [0, 0.05) is 13.0 Å². The van der Waals surface area contributed by atoms with Crippen molar-refractivity contribution in [3.8, 4) is 0 Å². The quantitative estimate of drug-likeness (QED) is 0.586. The van der Waals surface area contributed by atoms with Gasteiger partial charge in [0.2, 0.25) is 5.91 Å². The van der Waals surface area contributed by atoms with E-state index in [4.69, 9.17) is 0 Å². The molecule has 0 unspecified atom stereocenters. The van der Waals surface area contributed by atoms with Gasteiger partial charge < -0.3 is 0 Å². The summed E-state index contributed by atoms with van der Waals surface area (Å²) in [5, 5.41) is 7.41. The van der Waals surface area contributed by atoms with Gasteiger partial charge in [-0.3, -0.25) is 9.69 Å². The number of hydrogen-bond donors (Lipinski definition) is 0. The summed E-state index contributed by atoms with van der Waals surface area (Å²) >= 11 is 0. The molecule has 1 fully saturated rings. The molecule has 0 N–H and O–H groups in total. The second kappa shape index (κ2) is 2.84. The molecule has 1 aliphatic rings. The molecule has 1 saturated heterocycles. The molecule has 1 amide bonds. The molecule has 0 bridgehead atoms. The lowest BCUT2D eigenvalue weighted by atomic mass is 10.4. The highest BCUT2D eigenvalue weighted by Crippen LogP contribution is 2.14. The van der Waals surface area contributed by atoms with Crippen LogP contribution in [0.5, 0.6) is 0 Å². The lowest BCUT2D eigenvalue weighted by Crippen LogP contribution is -2.25. The first-order valence-electron chi connectivity index (χ1n) is 3.82. The van der Waals surface area contributed by atoms with Crippen molar-refractivity contribution in [3.63, 3.8) is 0 Å². The Hall–Kier alpha value is -1.52. The molecule has 1 aliphatic heterocycles.